The highest BCUT2D eigenvalue weighted by atomic mass is 15.1. The zero-order chi connectivity index (χ0) is 9.54. The first-order valence-corrected chi connectivity index (χ1v) is 4.55. The van der Waals surface area contributed by atoms with Crippen molar-refractivity contribution < 1.29 is 0 Å². The van der Waals surface area contributed by atoms with Crippen LogP contribution in [0.1, 0.15) is 5.69 Å². The molecule has 14 heavy (non-hydrogen) atoms. The van der Waals surface area contributed by atoms with Crippen LogP contribution in [0.5, 0.6) is 0 Å². The van der Waals surface area contributed by atoms with Crippen LogP contribution in [0.25, 0.3) is 21.8 Å². The Morgan fingerprint density at radius 1 is 1.14 bits per heavy atom. The molecular formula is C11H9N3. The summed E-state index contributed by atoms with van der Waals surface area (Å²) in [6, 6.07) is 8.08. The molecular weight excluding hydrogens is 174 g/mol. The number of para-hydroxylation sites is 1. The average molecular weight is 183 g/mol. The summed E-state index contributed by atoms with van der Waals surface area (Å²) in [5.74, 6) is 0. The molecule has 0 aliphatic carbocycles. The molecule has 2 aromatic heterocycles. The Morgan fingerprint density at radius 2 is 2.00 bits per heavy atom. The average Bonchev–Trinajstić information content (AvgIpc) is 2.67. The van der Waals surface area contributed by atoms with Gasteiger partial charge in [-0.3, -0.25) is 10.1 Å². The fourth-order valence-electron chi connectivity index (χ4n) is 1.79. The molecule has 68 valence electrons. The minimum atomic E-state index is 1.02. The van der Waals surface area contributed by atoms with Crippen LogP contribution >= 0.6 is 0 Å². The number of rotatable bonds is 0. The van der Waals surface area contributed by atoms with Gasteiger partial charge in [0.15, 0.2) is 0 Å². The minimum Gasteiger partial charge on any atom is -0.277 e. The van der Waals surface area contributed by atoms with E-state index in [1.54, 1.807) is 0 Å². The SMILES string of the molecule is Cc1nc2ccccc2c2[nH]ncc12. The smallest absolute Gasteiger partial charge is 0.0762 e. The van der Waals surface area contributed by atoms with Crippen molar-refractivity contribution in [2.24, 2.45) is 0 Å². The Labute approximate surface area is 80.8 Å². The van der Waals surface area contributed by atoms with Gasteiger partial charge in [0.05, 0.1) is 17.2 Å². The Morgan fingerprint density at radius 3 is 2.93 bits per heavy atom. The molecule has 1 aromatic carbocycles. The summed E-state index contributed by atoms with van der Waals surface area (Å²) in [5.41, 5.74) is 3.11. The van der Waals surface area contributed by atoms with Gasteiger partial charge in [0, 0.05) is 16.5 Å². The lowest BCUT2D eigenvalue weighted by atomic mass is 10.1. The Kier molecular flexibility index (Phi) is 1.36. The zero-order valence-corrected chi connectivity index (χ0v) is 7.78. The van der Waals surface area contributed by atoms with Crippen molar-refractivity contribution in [1.29, 1.82) is 0 Å². The van der Waals surface area contributed by atoms with Crippen LogP contribution in [0, 0.1) is 6.92 Å². The van der Waals surface area contributed by atoms with Crippen molar-refractivity contribution in [2.75, 3.05) is 0 Å². The lowest BCUT2D eigenvalue weighted by Crippen LogP contribution is -1.85. The monoisotopic (exact) mass is 183 g/mol. The van der Waals surface area contributed by atoms with E-state index < -0.39 is 0 Å². The number of nitrogens with zero attached hydrogens (tertiary/aromatic N) is 2. The van der Waals surface area contributed by atoms with E-state index >= 15 is 0 Å². The van der Waals surface area contributed by atoms with Gasteiger partial charge in [0.2, 0.25) is 0 Å². The number of hydrogen-bond acceptors (Lipinski definition) is 2. The van der Waals surface area contributed by atoms with E-state index in [1.165, 1.54) is 0 Å². The number of pyridine rings is 1. The highest BCUT2D eigenvalue weighted by Gasteiger charge is 2.05. The van der Waals surface area contributed by atoms with Gasteiger partial charge in [-0.15, -0.1) is 0 Å². The molecule has 0 aliphatic heterocycles. The summed E-state index contributed by atoms with van der Waals surface area (Å²) < 4.78 is 0. The van der Waals surface area contributed by atoms with Crippen molar-refractivity contribution >= 4 is 21.8 Å². The van der Waals surface area contributed by atoms with E-state index in [4.69, 9.17) is 0 Å². The molecule has 0 bridgehead atoms. The number of nitrogens with one attached hydrogen (secondary N) is 1. The molecule has 3 rings (SSSR count). The number of aromatic amines is 1. The Balaban J connectivity index is 2.66. The molecule has 3 aromatic rings. The van der Waals surface area contributed by atoms with Crippen molar-refractivity contribution in [3.63, 3.8) is 0 Å². The minimum absolute atomic E-state index is 1.02. The third-order valence-electron chi connectivity index (χ3n) is 2.49. The zero-order valence-electron chi connectivity index (χ0n) is 7.78. The van der Waals surface area contributed by atoms with E-state index in [1.807, 2.05) is 31.3 Å². The summed E-state index contributed by atoms with van der Waals surface area (Å²) in [6.45, 7) is 2.00. The van der Waals surface area contributed by atoms with Gasteiger partial charge in [-0.2, -0.15) is 5.10 Å². The summed E-state index contributed by atoms with van der Waals surface area (Å²) in [4.78, 5) is 4.52. The summed E-state index contributed by atoms with van der Waals surface area (Å²) in [7, 11) is 0. The second kappa shape index (κ2) is 2.54. The van der Waals surface area contributed by atoms with E-state index in [9.17, 15) is 0 Å². The van der Waals surface area contributed by atoms with E-state index in [0.29, 0.717) is 0 Å². The van der Waals surface area contributed by atoms with E-state index in [-0.39, 0.29) is 0 Å². The lowest BCUT2D eigenvalue weighted by molar-refractivity contribution is 1.12. The second-order valence-corrected chi connectivity index (χ2v) is 3.37. The van der Waals surface area contributed by atoms with Crippen LogP contribution in [0.2, 0.25) is 0 Å². The van der Waals surface area contributed by atoms with Gasteiger partial charge in [0.25, 0.3) is 0 Å². The van der Waals surface area contributed by atoms with E-state index in [0.717, 1.165) is 27.5 Å². The molecule has 0 saturated carbocycles. The maximum Gasteiger partial charge on any atom is 0.0762 e. The molecule has 3 nitrogen and oxygen atoms in total. The number of H-pyrrole nitrogens is 1. The second-order valence-electron chi connectivity index (χ2n) is 3.37. The summed E-state index contributed by atoms with van der Waals surface area (Å²) in [6.07, 6.45) is 1.82. The van der Waals surface area contributed by atoms with Crippen molar-refractivity contribution in [3.8, 4) is 0 Å². The highest BCUT2D eigenvalue weighted by Crippen LogP contribution is 2.23. The molecule has 0 aliphatic rings. The molecule has 0 saturated heterocycles. The van der Waals surface area contributed by atoms with Crippen LogP contribution in [-0.4, -0.2) is 15.2 Å². The van der Waals surface area contributed by atoms with Crippen LogP contribution in [0.4, 0.5) is 0 Å². The van der Waals surface area contributed by atoms with Crippen LogP contribution < -0.4 is 0 Å². The van der Waals surface area contributed by atoms with Crippen LogP contribution in [-0.2, 0) is 0 Å². The normalized spacial score (nSPS) is 11.2. The first-order valence-electron chi connectivity index (χ1n) is 4.55. The third-order valence-corrected chi connectivity index (χ3v) is 2.49. The molecule has 0 unspecified atom stereocenters. The van der Waals surface area contributed by atoms with Crippen molar-refractivity contribution in [1.82, 2.24) is 15.2 Å². The maximum atomic E-state index is 4.52. The van der Waals surface area contributed by atoms with Crippen molar-refractivity contribution in [2.45, 2.75) is 6.92 Å². The van der Waals surface area contributed by atoms with Crippen molar-refractivity contribution in [3.05, 3.63) is 36.2 Å². The number of fused-ring (bicyclic) bond motifs is 3. The lowest BCUT2D eigenvalue weighted by Gasteiger charge is -2.00. The Bertz CT molecular complexity index is 610. The Hall–Kier alpha value is -1.90. The fourth-order valence-corrected chi connectivity index (χ4v) is 1.79. The predicted octanol–water partition coefficient (Wildman–Crippen LogP) is 2.42. The number of hydrogen-bond donors (Lipinski definition) is 1. The van der Waals surface area contributed by atoms with Crippen LogP contribution in [0.3, 0.4) is 0 Å². The van der Waals surface area contributed by atoms with Gasteiger partial charge >= 0.3 is 0 Å². The molecule has 0 atom stereocenters. The molecule has 0 amide bonds. The quantitative estimate of drug-likeness (QED) is 0.581. The maximum absolute atomic E-state index is 4.52. The summed E-state index contributed by atoms with van der Waals surface area (Å²) >= 11 is 0. The first-order chi connectivity index (χ1) is 6.86. The van der Waals surface area contributed by atoms with Gasteiger partial charge in [-0.1, -0.05) is 18.2 Å². The number of aromatic nitrogens is 3. The van der Waals surface area contributed by atoms with Gasteiger partial charge < -0.3 is 0 Å². The predicted molar refractivity (Wildman–Crippen MR) is 56.1 cm³/mol. The highest BCUT2D eigenvalue weighted by molar-refractivity contribution is 6.03. The molecule has 0 radical (unpaired) electrons. The molecule has 1 N–H and O–H groups in total. The number of benzene rings is 1. The molecule has 3 heteroatoms. The van der Waals surface area contributed by atoms with E-state index in [2.05, 4.69) is 21.2 Å². The number of aryl methyl sites for hydroxylation is 1. The fraction of sp³-hybridized carbons (Fsp3) is 0.0909. The topological polar surface area (TPSA) is 41.6 Å². The van der Waals surface area contributed by atoms with Gasteiger partial charge in [0.1, 0.15) is 0 Å². The molecule has 0 spiro atoms. The third kappa shape index (κ3) is 0.865. The summed E-state index contributed by atoms with van der Waals surface area (Å²) in [5, 5.41) is 9.29. The molecule has 0 fully saturated rings. The molecule has 2 heterocycles. The van der Waals surface area contributed by atoms with Gasteiger partial charge in [-0.25, -0.2) is 0 Å². The first kappa shape index (κ1) is 7.50. The van der Waals surface area contributed by atoms with Gasteiger partial charge in [-0.05, 0) is 13.0 Å². The largest absolute Gasteiger partial charge is 0.277 e. The standard InChI is InChI=1S/C11H9N3/c1-7-9-6-12-14-11(9)8-4-2-3-5-10(8)13-7/h2-6H,1H3,(H,12,14). The van der Waals surface area contributed by atoms with Crippen LogP contribution in [0.15, 0.2) is 30.5 Å².